The zero-order valence-electron chi connectivity index (χ0n) is 10.8. The number of benzene rings is 1. The Morgan fingerprint density at radius 1 is 1.35 bits per heavy atom. The Morgan fingerprint density at radius 2 is 2.12 bits per heavy atom. The molecule has 0 amide bonds. The van der Waals surface area contributed by atoms with Crippen molar-refractivity contribution in [3.63, 3.8) is 0 Å². The fourth-order valence-corrected chi connectivity index (χ4v) is 2.43. The maximum atomic E-state index is 6.20. The average Bonchev–Trinajstić information content (AvgIpc) is 2.38. The highest BCUT2D eigenvalue weighted by molar-refractivity contribution is 5.56. The number of anilines is 1. The van der Waals surface area contributed by atoms with Crippen LogP contribution in [0.15, 0.2) is 35.9 Å². The molecule has 1 aromatic carbocycles. The Kier molecular flexibility index (Phi) is 3.85. The maximum Gasteiger partial charge on any atom is 0.0417 e. The summed E-state index contributed by atoms with van der Waals surface area (Å²) in [6.45, 7) is 6.48. The van der Waals surface area contributed by atoms with Gasteiger partial charge in [-0.25, -0.2) is 0 Å². The third kappa shape index (κ3) is 2.70. The zero-order chi connectivity index (χ0) is 12.3. The Bertz CT molecular complexity index is 409. The average molecular weight is 230 g/mol. The number of para-hydroxylation sites is 1. The van der Waals surface area contributed by atoms with Gasteiger partial charge in [-0.05, 0) is 31.4 Å². The minimum atomic E-state index is 0.150. The second kappa shape index (κ2) is 5.37. The van der Waals surface area contributed by atoms with Gasteiger partial charge in [-0.15, -0.1) is 0 Å². The van der Waals surface area contributed by atoms with Crippen LogP contribution in [-0.2, 0) is 0 Å². The van der Waals surface area contributed by atoms with E-state index in [4.69, 9.17) is 5.73 Å². The third-order valence-corrected chi connectivity index (χ3v) is 3.45. The van der Waals surface area contributed by atoms with Crippen LogP contribution in [0.4, 0.5) is 5.69 Å². The largest absolute Gasteiger partial charge is 0.367 e. The van der Waals surface area contributed by atoms with Crippen molar-refractivity contribution in [1.82, 2.24) is 0 Å². The van der Waals surface area contributed by atoms with Crippen LogP contribution >= 0.6 is 0 Å². The van der Waals surface area contributed by atoms with Gasteiger partial charge in [-0.2, -0.15) is 0 Å². The molecule has 0 aromatic heterocycles. The molecule has 0 saturated carbocycles. The minimum Gasteiger partial charge on any atom is -0.367 e. The predicted octanol–water partition coefficient (Wildman–Crippen LogP) is 3.25. The molecule has 0 fully saturated rings. The summed E-state index contributed by atoms with van der Waals surface area (Å²) in [5, 5.41) is 0. The van der Waals surface area contributed by atoms with Crippen LogP contribution in [0, 0.1) is 0 Å². The van der Waals surface area contributed by atoms with Gasteiger partial charge >= 0.3 is 0 Å². The molecular weight excluding hydrogens is 208 g/mol. The molecule has 0 radical (unpaired) electrons. The quantitative estimate of drug-likeness (QED) is 0.808. The summed E-state index contributed by atoms with van der Waals surface area (Å²) < 4.78 is 0. The van der Waals surface area contributed by atoms with Gasteiger partial charge in [0.2, 0.25) is 0 Å². The van der Waals surface area contributed by atoms with Gasteiger partial charge in [-0.3, -0.25) is 0 Å². The van der Waals surface area contributed by atoms with Crippen LogP contribution in [-0.4, -0.2) is 13.1 Å². The summed E-state index contributed by atoms with van der Waals surface area (Å²) >= 11 is 0. The van der Waals surface area contributed by atoms with Crippen LogP contribution in [0.2, 0.25) is 0 Å². The van der Waals surface area contributed by atoms with Crippen LogP contribution in [0.3, 0.4) is 0 Å². The molecule has 0 unspecified atom stereocenters. The second-order valence-electron chi connectivity index (χ2n) is 4.83. The minimum absolute atomic E-state index is 0.150. The summed E-state index contributed by atoms with van der Waals surface area (Å²) in [5.74, 6) is 0. The van der Waals surface area contributed by atoms with Gasteiger partial charge in [0.25, 0.3) is 0 Å². The molecule has 1 aliphatic heterocycles. The Morgan fingerprint density at radius 3 is 2.82 bits per heavy atom. The van der Waals surface area contributed by atoms with E-state index in [1.54, 1.807) is 0 Å². The summed E-state index contributed by atoms with van der Waals surface area (Å²) in [6.07, 6.45) is 4.46. The molecule has 2 heteroatoms. The smallest absolute Gasteiger partial charge is 0.0417 e. The first-order valence-electron chi connectivity index (χ1n) is 6.47. The second-order valence-corrected chi connectivity index (χ2v) is 4.83. The molecule has 2 rings (SSSR count). The molecule has 2 nitrogen and oxygen atoms in total. The summed E-state index contributed by atoms with van der Waals surface area (Å²) in [4.78, 5) is 2.44. The van der Waals surface area contributed by atoms with Crippen molar-refractivity contribution in [3.8, 4) is 0 Å². The summed E-state index contributed by atoms with van der Waals surface area (Å²) in [5.41, 5.74) is 10.2. The van der Waals surface area contributed by atoms with Crippen molar-refractivity contribution in [1.29, 1.82) is 0 Å². The van der Waals surface area contributed by atoms with Gasteiger partial charge in [0.05, 0.1) is 0 Å². The summed E-state index contributed by atoms with van der Waals surface area (Å²) in [7, 11) is 0. The number of hydrogen-bond acceptors (Lipinski definition) is 2. The van der Waals surface area contributed by atoms with E-state index in [9.17, 15) is 0 Å². The molecule has 1 heterocycles. The zero-order valence-corrected chi connectivity index (χ0v) is 10.8. The monoisotopic (exact) mass is 230 g/mol. The Labute approximate surface area is 104 Å². The molecule has 0 saturated heterocycles. The molecule has 0 spiro atoms. The van der Waals surface area contributed by atoms with Crippen LogP contribution in [0.25, 0.3) is 0 Å². The SMILES string of the molecule is CC[C@H](N)c1ccccc1N1CCC=C(C)C1. The fraction of sp³-hybridized carbons (Fsp3) is 0.467. The van der Waals surface area contributed by atoms with Crippen molar-refractivity contribution in [2.24, 2.45) is 5.73 Å². The van der Waals surface area contributed by atoms with E-state index >= 15 is 0 Å². The van der Waals surface area contributed by atoms with E-state index < -0.39 is 0 Å². The van der Waals surface area contributed by atoms with E-state index in [2.05, 4.69) is 49.1 Å². The van der Waals surface area contributed by atoms with Gasteiger partial charge < -0.3 is 10.6 Å². The number of nitrogens with zero attached hydrogens (tertiary/aromatic N) is 1. The molecule has 17 heavy (non-hydrogen) atoms. The lowest BCUT2D eigenvalue weighted by Crippen LogP contribution is -2.30. The van der Waals surface area contributed by atoms with E-state index in [-0.39, 0.29) is 6.04 Å². The molecule has 1 aliphatic rings. The van der Waals surface area contributed by atoms with Gasteiger partial charge in [0.1, 0.15) is 0 Å². The first-order chi connectivity index (χ1) is 8.22. The van der Waals surface area contributed by atoms with E-state index in [1.165, 1.54) is 16.8 Å². The van der Waals surface area contributed by atoms with Crippen LogP contribution in [0.1, 0.15) is 38.3 Å². The predicted molar refractivity (Wildman–Crippen MR) is 74.2 cm³/mol. The van der Waals surface area contributed by atoms with Crippen molar-refractivity contribution in [2.45, 2.75) is 32.7 Å². The normalized spacial score (nSPS) is 17.8. The lowest BCUT2D eigenvalue weighted by molar-refractivity contribution is 0.688. The van der Waals surface area contributed by atoms with Crippen LogP contribution in [0.5, 0.6) is 0 Å². The highest BCUT2D eigenvalue weighted by atomic mass is 15.1. The van der Waals surface area contributed by atoms with Crippen molar-refractivity contribution in [3.05, 3.63) is 41.5 Å². The number of hydrogen-bond donors (Lipinski definition) is 1. The Hall–Kier alpha value is -1.28. The topological polar surface area (TPSA) is 29.3 Å². The molecular formula is C15H22N2. The third-order valence-electron chi connectivity index (χ3n) is 3.45. The molecule has 0 aliphatic carbocycles. The van der Waals surface area contributed by atoms with Crippen molar-refractivity contribution < 1.29 is 0 Å². The van der Waals surface area contributed by atoms with E-state index in [0.717, 1.165) is 25.9 Å². The maximum absolute atomic E-state index is 6.20. The molecule has 0 bridgehead atoms. The molecule has 1 aromatic rings. The van der Waals surface area contributed by atoms with E-state index in [0.29, 0.717) is 0 Å². The lowest BCUT2D eigenvalue weighted by atomic mass is 10.0. The number of rotatable bonds is 3. The first kappa shape index (κ1) is 12.2. The first-order valence-corrected chi connectivity index (χ1v) is 6.47. The Balaban J connectivity index is 2.28. The fourth-order valence-electron chi connectivity index (χ4n) is 2.43. The molecule has 2 N–H and O–H groups in total. The highest BCUT2D eigenvalue weighted by Crippen LogP contribution is 2.28. The van der Waals surface area contributed by atoms with Crippen LogP contribution < -0.4 is 10.6 Å². The standard InChI is InChI=1S/C15H22N2/c1-3-14(16)13-8-4-5-9-15(13)17-10-6-7-12(2)11-17/h4-5,7-9,14H,3,6,10-11,16H2,1-2H3/t14-/m0/s1. The van der Waals surface area contributed by atoms with Crippen molar-refractivity contribution in [2.75, 3.05) is 18.0 Å². The molecule has 1 atom stereocenters. The van der Waals surface area contributed by atoms with Gasteiger partial charge in [-0.1, -0.05) is 36.8 Å². The molecule has 92 valence electrons. The highest BCUT2D eigenvalue weighted by Gasteiger charge is 2.16. The van der Waals surface area contributed by atoms with Gasteiger partial charge in [0.15, 0.2) is 0 Å². The van der Waals surface area contributed by atoms with Crippen molar-refractivity contribution >= 4 is 5.69 Å². The van der Waals surface area contributed by atoms with Gasteiger partial charge in [0, 0.05) is 24.8 Å². The number of nitrogens with two attached hydrogens (primary N) is 1. The lowest BCUT2D eigenvalue weighted by Gasteiger charge is -2.31. The summed E-state index contributed by atoms with van der Waals surface area (Å²) in [6, 6.07) is 8.70. The van der Waals surface area contributed by atoms with E-state index in [1.807, 2.05) is 0 Å².